The second-order valence-corrected chi connectivity index (χ2v) is 8.70. The molecule has 174 valence electrons. The van der Waals surface area contributed by atoms with Crippen molar-refractivity contribution >= 4 is 22.7 Å². The first-order valence-electron chi connectivity index (χ1n) is 11.9. The average Bonchev–Trinajstić information content (AvgIpc) is 3.32. The van der Waals surface area contributed by atoms with Crippen molar-refractivity contribution in [1.82, 2.24) is 14.8 Å². The van der Waals surface area contributed by atoms with E-state index in [9.17, 15) is 9.59 Å². The summed E-state index contributed by atoms with van der Waals surface area (Å²) in [5.41, 5.74) is 3.75. The number of nitrogens with zero attached hydrogens (tertiary/aromatic N) is 2. The largest absolute Gasteiger partial charge is 0.381 e. The molecule has 6 nitrogen and oxygen atoms in total. The molecular weight excluding hydrogens is 414 g/mol. The summed E-state index contributed by atoms with van der Waals surface area (Å²) in [5, 5.41) is 4.09. The van der Waals surface area contributed by atoms with Crippen LogP contribution in [0.2, 0.25) is 0 Å². The summed E-state index contributed by atoms with van der Waals surface area (Å²) in [4.78, 5) is 28.3. The first-order chi connectivity index (χ1) is 16.0. The van der Waals surface area contributed by atoms with Gasteiger partial charge < -0.3 is 19.5 Å². The van der Waals surface area contributed by atoms with Crippen molar-refractivity contribution in [2.45, 2.75) is 45.2 Å². The van der Waals surface area contributed by atoms with Crippen LogP contribution in [-0.2, 0) is 16.6 Å². The van der Waals surface area contributed by atoms with Crippen molar-refractivity contribution in [3.8, 4) is 0 Å². The van der Waals surface area contributed by atoms with Crippen molar-refractivity contribution in [1.29, 1.82) is 0 Å². The fourth-order valence-corrected chi connectivity index (χ4v) is 4.65. The minimum Gasteiger partial charge on any atom is -0.381 e. The van der Waals surface area contributed by atoms with Crippen LogP contribution in [-0.4, -0.2) is 47.1 Å². The lowest BCUT2D eigenvalue weighted by Crippen LogP contribution is -2.47. The van der Waals surface area contributed by atoms with E-state index >= 15 is 0 Å². The number of hydrogen-bond donors (Lipinski definition) is 1. The topological polar surface area (TPSA) is 63.6 Å². The van der Waals surface area contributed by atoms with Crippen LogP contribution in [0, 0.1) is 0 Å². The number of hydrogen-bond acceptors (Lipinski definition) is 3. The smallest absolute Gasteiger partial charge is 0.255 e. The van der Waals surface area contributed by atoms with Crippen molar-refractivity contribution in [2.75, 3.05) is 19.8 Å². The molecule has 0 saturated heterocycles. The Labute approximate surface area is 195 Å². The molecule has 33 heavy (non-hydrogen) atoms. The zero-order valence-corrected chi connectivity index (χ0v) is 19.7. The fourth-order valence-electron chi connectivity index (χ4n) is 4.65. The van der Waals surface area contributed by atoms with E-state index in [0.717, 1.165) is 47.9 Å². The highest BCUT2D eigenvalue weighted by Crippen LogP contribution is 2.42. The van der Waals surface area contributed by atoms with Crippen molar-refractivity contribution in [3.63, 3.8) is 0 Å². The number of aromatic nitrogens is 1. The standard InChI is InChI=1S/C27H33N3O3/c1-4-5-16-33-17-10-15-28-26(31)19(2)30-25(21-12-6-7-13-22(21)27(30)32)23-18-29(3)24-14-9-8-11-20(23)24/h6-9,11-14,18-19,25H,4-5,10,15-17H2,1-3H3,(H,28,31). The summed E-state index contributed by atoms with van der Waals surface area (Å²) < 4.78 is 7.66. The van der Waals surface area contributed by atoms with Crippen LogP contribution in [0.5, 0.6) is 0 Å². The molecule has 0 spiro atoms. The van der Waals surface area contributed by atoms with Crippen LogP contribution in [0.3, 0.4) is 0 Å². The molecule has 0 aliphatic carbocycles. The summed E-state index contributed by atoms with van der Waals surface area (Å²) in [6.07, 6.45) is 4.99. The van der Waals surface area contributed by atoms with Gasteiger partial charge >= 0.3 is 0 Å². The summed E-state index contributed by atoms with van der Waals surface area (Å²) in [7, 11) is 2.01. The Hall–Kier alpha value is -3.12. The normalized spacial score (nSPS) is 16.3. The second-order valence-electron chi connectivity index (χ2n) is 8.70. The molecule has 0 radical (unpaired) electrons. The highest BCUT2D eigenvalue weighted by atomic mass is 16.5. The molecule has 1 N–H and O–H groups in total. The van der Waals surface area contributed by atoms with Gasteiger partial charge in [-0.1, -0.05) is 49.7 Å². The summed E-state index contributed by atoms with van der Waals surface area (Å²) >= 11 is 0. The maximum absolute atomic E-state index is 13.5. The molecule has 2 aromatic carbocycles. The van der Waals surface area contributed by atoms with Gasteiger partial charge in [-0.3, -0.25) is 9.59 Å². The Kier molecular flexibility index (Phi) is 7.14. The van der Waals surface area contributed by atoms with Gasteiger partial charge in [0.2, 0.25) is 5.91 Å². The Balaban J connectivity index is 1.56. The molecule has 4 rings (SSSR count). The third-order valence-corrected chi connectivity index (χ3v) is 6.42. The van der Waals surface area contributed by atoms with E-state index in [1.54, 1.807) is 4.90 Å². The van der Waals surface area contributed by atoms with Gasteiger partial charge in [-0.15, -0.1) is 0 Å². The molecule has 2 atom stereocenters. The summed E-state index contributed by atoms with van der Waals surface area (Å²) in [6, 6.07) is 15.0. The Morgan fingerprint density at radius 1 is 1.06 bits per heavy atom. The molecular formula is C27H33N3O3. The third kappa shape index (κ3) is 4.53. The summed E-state index contributed by atoms with van der Waals surface area (Å²) in [6.45, 7) is 5.86. The molecule has 2 heterocycles. The number of ether oxygens (including phenoxy) is 1. The lowest BCUT2D eigenvalue weighted by atomic mass is 9.97. The number of rotatable bonds is 10. The SMILES string of the molecule is CCCCOCCCNC(=O)C(C)N1C(=O)c2ccccc2C1c1cn(C)c2ccccc12. The molecule has 2 amide bonds. The predicted octanol–water partition coefficient (Wildman–Crippen LogP) is 4.44. The molecule has 0 bridgehead atoms. The lowest BCUT2D eigenvalue weighted by molar-refractivity contribution is -0.125. The number of benzene rings is 2. The van der Waals surface area contributed by atoms with E-state index in [2.05, 4.69) is 35.1 Å². The molecule has 0 fully saturated rings. The van der Waals surface area contributed by atoms with E-state index in [0.29, 0.717) is 18.7 Å². The van der Waals surface area contributed by atoms with Gasteiger partial charge in [0.1, 0.15) is 6.04 Å². The number of carbonyl (C=O) groups is 2. The second kappa shape index (κ2) is 10.2. The quantitative estimate of drug-likeness (QED) is 0.468. The van der Waals surface area contributed by atoms with Gasteiger partial charge in [0.05, 0.1) is 6.04 Å². The van der Waals surface area contributed by atoms with Crippen LogP contribution in [0.15, 0.2) is 54.7 Å². The maximum atomic E-state index is 13.5. The van der Waals surface area contributed by atoms with E-state index in [1.165, 1.54) is 0 Å². The molecule has 0 saturated carbocycles. The van der Waals surface area contributed by atoms with Crippen molar-refractivity contribution in [2.24, 2.45) is 7.05 Å². The maximum Gasteiger partial charge on any atom is 0.255 e. The van der Waals surface area contributed by atoms with Crippen LogP contribution in [0.1, 0.15) is 60.6 Å². The first kappa shape index (κ1) is 23.1. The number of para-hydroxylation sites is 1. The fraction of sp³-hybridized carbons (Fsp3) is 0.407. The van der Waals surface area contributed by atoms with Gasteiger partial charge in [0, 0.05) is 55.0 Å². The Morgan fingerprint density at radius 3 is 2.61 bits per heavy atom. The molecule has 1 aliphatic heterocycles. The van der Waals surface area contributed by atoms with Gasteiger partial charge in [-0.25, -0.2) is 0 Å². The zero-order chi connectivity index (χ0) is 23.4. The monoisotopic (exact) mass is 447 g/mol. The third-order valence-electron chi connectivity index (χ3n) is 6.42. The average molecular weight is 448 g/mol. The van der Waals surface area contributed by atoms with Gasteiger partial charge in [-0.2, -0.15) is 0 Å². The van der Waals surface area contributed by atoms with Crippen LogP contribution < -0.4 is 5.32 Å². The number of nitrogens with one attached hydrogen (secondary N) is 1. The van der Waals surface area contributed by atoms with E-state index in [-0.39, 0.29) is 17.9 Å². The Morgan fingerprint density at radius 2 is 1.79 bits per heavy atom. The van der Waals surface area contributed by atoms with E-state index < -0.39 is 6.04 Å². The van der Waals surface area contributed by atoms with Crippen LogP contribution in [0.25, 0.3) is 10.9 Å². The van der Waals surface area contributed by atoms with Gasteiger partial charge in [-0.05, 0) is 37.5 Å². The molecule has 1 aromatic heterocycles. The first-order valence-corrected chi connectivity index (χ1v) is 11.9. The highest BCUT2D eigenvalue weighted by Gasteiger charge is 2.43. The van der Waals surface area contributed by atoms with Gasteiger partial charge in [0.25, 0.3) is 5.91 Å². The highest BCUT2D eigenvalue weighted by molar-refractivity contribution is 6.03. The zero-order valence-electron chi connectivity index (χ0n) is 19.7. The molecule has 3 aromatic rings. The van der Waals surface area contributed by atoms with Crippen molar-refractivity contribution in [3.05, 3.63) is 71.4 Å². The molecule has 2 unspecified atom stereocenters. The van der Waals surface area contributed by atoms with E-state index in [1.807, 2.05) is 50.4 Å². The number of carbonyl (C=O) groups excluding carboxylic acids is 2. The molecule has 6 heteroatoms. The molecule has 1 aliphatic rings. The van der Waals surface area contributed by atoms with Crippen LogP contribution >= 0.6 is 0 Å². The Bertz CT molecular complexity index is 1140. The number of fused-ring (bicyclic) bond motifs is 2. The van der Waals surface area contributed by atoms with Crippen molar-refractivity contribution < 1.29 is 14.3 Å². The summed E-state index contributed by atoms with van der Waals surface area (Å²) in [5.74, 6) is -0.246. The minimum atomic E-state index is -0.602. The predicted molar refractivity (Wildman–Crippen MR) is 130 cm³/mol. The lowest BCUT2D eigenvalue weighted by Gasteiger charge is -2.30. The minimum absolute atomic E-state index is 0.103. The van der Waals surface area contributed by atoms with Gasteiger partial charge in [0.15, 0.2) is 0 Å². The number of amides is 2. The number of unbranched alkanes of at least 4 members (excludes halogenated alkanes) is 1. The number of aryl methyl sites for hydroxylation is 1. The van der Waals surface area contributed by atoms with E-state index in [4.69, 9.17) is 4.74 Å². The van der Waals surface area contributed by atoms with Crippen LogP contribution in [0.4, 0.5) is 0 Å².